The molecule has 4 rings (SSSR count). The number of ether oxygens (including phenoxy) is 1. The van der Waals surface area contributed by atoms with Crippen LogP contribution in [0.2, 0.25) is 0 Å². The monoisotopic (exact) mass is 384 g/mol. The number of hydrogen-bond acceptors (Lipinski definition) is 5. The van der Waals surface area contributed by atoms with Crippen LogP contribution in [0.15, 0.2) is 28.0 Å². The molecule has 2 fully saturated rings. The molecule has 0 spiro atoms. The molecule has 2 aromatic heterocycles. The van der Waals surface area contributed by atoms with Crippen LogP contribution in [0.4, 0.5) is 0 Å². The number of hydrogen-bond donors (Lipinski definition) is 0. The van der Waals surface area contributed by atoms with Crippen LogP contribution >= 0.6 is 0 Å². The van der Waals surface area contributed by atoms with Crippen molar-refractivity contribution in [3.05, 3.63) is 56.1 Å². The summed E-state index contributed by atoms with van der Waals surface area (Å²) in [5, 5.41) is 0. The Morgan fingerprint density at radius 3 is 2.54 bits per heavy atom. The van der Waals surface area contributed by atoms with Crippen molar-refractivity contribution in [2.45, 2.75) is 52.3 Å². The molecule has 8 heteroatoms. The molecule has 2 aromatic rings. The van der Waals surface area contributed by atoms with Crippen molar-refractivity contribution in [1.82, 2.24) is 19.0 Å². The summed E-state index contributed by atoms with van der Waals surface area (Å²) in [4.78, 5) is 42.7. The zero-order valence-corrected chi connectivity index (χ0v) is 16.3. The highest BCUT2D eigenvalue weighted by Crippen LogP contribution is 2.35. The third-order valence-corrected chi connectivity index (χ3v) is 5.47. The molecule has 3 heterocycles. The molecule has 1 saturated carbocycles. The maximum absolute atomic E-state index is 12.4. The first kappa shape index (κ1) is 18.5. The van der Waals surface area contributed by atoms with Gasteiger partial charge in [-0.15, -0.1) is 0 Å². The summed E-state index contributed by atoms with van der Waals surface area (Å²) in [7, 11) is 0. The molecule has 1 saturated heterocycles. The summed E-state index contributed by atoms with van der Waals surface area (Å²) in [6, 6.07) is 3.74. The van der Waals surface area contributed by atoms with Gasteiger partial charge < -0.3 is 14.2 Å². The van der Waals surface area contributed by atoms with Gasteiger partial charge in [0.2, 0.25) is 5.91 Å². The van der Waals surface area contributed by atoms with E-state index in [2.05, 4.69) is 4.98 Å². The number of carbonyl (C=O) groups excluding carboxylic acids is 1. The number of likely N-dealkylation sites (tertiary alicyclic amines) is 1. The van der Waals surface area contributed by atoms with Crippen LogP contribution in [0.5, 0.6) is 5.75 Å². The summed E-state index contributed by atoms with van der Waals surface area (Å²) in [5.74, 6) is 0.401. The summed E-state index contributed by atoms with van der Waals surface area (Å²) in [6.45, 7) is 6.24. The van der Waals surface area contributed by atoms with Crippen molar-refractivity contribution in [2.75, 3.05) is 13.1 Å². The Labute approximate surface area is 162 Å². The molecule has 0 N–H and O–H groups in total. The maximum Gasteiger partial charge on any atom is 0.256 e. The minimum atomic E-state index is -0.194. The Bertz CT molecular complexity index is 1050. The Balaban J connectivity index is 1.35. The summed E-state index contributed by atoms with van der Waals surface area (Å²) in [6.07, 6.45) is 3.38. The highest BCUT2D eigenvalue weighted by Gasteiger charge is 2.33. The van der Waals surface area contributed by atoms with Crippen LogP contribution in [0.1, 0.15) is 35.8 Å². The lowest BCUT2D eigenvalue weighted by Gasteiger charge is -2.39. The molecule has 148 valence electrons. The molecule has 1 amide bonds. The van der Waals surface area contributed by atoms with E-state index in [9.17, 15) is 14.4 Å². The standard InChI is InChI=1S/C20H24N4O4/c1-12-6-16(7-18(25)24(12)15-4-5-15)28-17-8-22(9-17)19(26)10-23-11-21-14(3)13(2)20(23)27/h6-7,11,15,17H,4-5,8-10H2,1-3H3. The lowest BCUT2D eigenvalue weighted by Crippen LogP contribution is -2.57. The molecule has 8 nitrogen and oxygen atoms in total. The van der Waals surface area contributed by atoms with Crippen LogP contribution in [-0.2, 0) is 11.3 Å². The van der Waals surface area contributed by atoms with Gasteiger partial charge in [-0.3, -0.25) is 19.0 Å². The Morgan fingerprint density at radius 2 is 1.89 bits per heavy atom. The Morgan fingerprint density at radius 1 is 1.18 bits per heavy atom. The van der Waals surface area contributed by atoms with E-state index in [1.165, 1.54) is 17.0 Å². The normalized spacial score (nSPS) is 16.8. The van der Waals surface area contributed by atoms with Gasteiger partial charge in [-0.25, -0.2) is 4.98 Å². The zero-order valence-electron chi connectivity index (χ0n) is 16.3. The predicted octanol–water partition coefficient (Wildman–Crippen LogP) is 0.955. The van der Waals surface area contributed by atoms with E-state index in [1.54, 1.807) is 18.7 Å². The summed E-state index contributed by atoms with van der Waals surface area (Å²) in [5.41, 5.74) is 1.90. The van der Waals surface area contributed by atoms with E-state index in [0.29, 0.717) is 36.1 Å². The van der Waals surface area contributed by atoms with Gasteiger partial charge in [0, 0.05) is 29.1 Å². The maximum atomic E-state index is 12.4. The van der Waals surface area contributed by atoms with Crippen LogP contribution in [-0.4, -0.2) is 44.1 Å². The fourth-order valence-corrected chi connectivity index (χ4v) is 3.49. The van der Waals surface area contributed by atoms with Crippen molar-refractivity contribution in [3.8, 4) is 5.75 Å². The van der Waals surface area contributed by atoms with Gasteiger partial charge in [0.1, 0.15) is 18.4 Å². The average molecular weight is 384 g/mol. The second-order valence-electron chi connectivity index (χ2n) is 7.70. The third-order valence-electron chi connectivity index (χ3n) is 5.47. The number of rotatable bonds is 5. The first-order valence-corrected chi connectivity index (χ1v) is 9.53. The topological polar surface area (TPSA) is 86.4 Å². The number of pyridine rings is 1. The minimum Gasteiger partial charge on any atom is -0.486 e. The summed E-state index contributed by atoms with van der Waals surface area (Å²) < 4.78 is 9.02. The fraction of sp³-hybridized carbons (Fsp3) is 0.500. The lowest BCUT2D eigenvalue weighted by atomic mass is 10.1. The van der Waals surface area contributed by atoms with Crippen molar-refractivity contribution in [3.63, 3.8) is 0 Å². The molecule has 1 aliphatic carbocycles. The second-order valence-corrected chi connectivity index (χ2v) is 7.70. The van der Waals surface area contributed by atoms with Gasteiger partial charge >= 0.3 is 0 Å². The van der Waals surface area contributed by atoms with E-state index < -0.39 is 0 Å². The van der Waals surface area contributed by atoms with Gasteiger partial charge in [0.05, 0.1) is 19.4 Å². The second kappa shape index (κ2) is 6.92. The van der Waals surface area contributed by atoms with E-state index >= 15 is 0 Å². The average Bonchev–Trinajstić information content (AvgIpc) is 3.42. The van der Waals surface area contributed by atoms with Crippen molar-refractivity contribution >= 4 is 5.91 Å². The SMILES string of the molecule is Cc1ncn(CC(=O)N2CC(Oc3cc(C)n(C4CC4)c(=O)c3)C2)c(=O)c1C. The molecule has 0 aromatic carbocycles. The van der Waals surface area contributed by atoms with Gasteiger partial charge in [-0.05, 0) is 39.7 Å². The van der Waals surface area contributed by atoms with Crippen LogP contribution in [0.3, 0.4) is 0 Å². The molecule has 0 bridgehead atoms. The van der Waals surface area contributed by atoms with E-state index in [0.717, 1.165) is 18.5 Å². The fourth-order valence-electron chi connectivity index (χ4n) is 3.49. The van der Waals surface area contributed by atoms with Gasteiger partial charge in [0.25, 0.3) is 11.1 Å². The first-order valence-electron chi connectivity index (χ1n) is 9.53. The van der Waals surface area contributed by atoms with Crippen molar-refractivity contribution in [1.29, 1.82) is 0 Å². The first-order chi connectivity index (χ1) is 13.3. The number of amides is 1. The molecular formula is C20H24N4O4. The van der Waals surface area contributed by atoms with Crippen molar-refractivity contribution < 1.29 is 9.53 Å². The van der Waals surface area contributed by atoms with Crippen LogP contribution in [0.25, 0.3) is 0 Å². The lowest BCUT2D eigenvalue weighted by molar-refractivity contribution is -0.140. The zero-order chi connectivity index (χ0) is 20.0. The van der Waals surface area contributed by atoms with E-state index in [-0.39, 0.29) is 29.7 Å². The van der Waals surface area contributed by atoms with E-state index in [1.807, 2.05) is 17.6 Å². The summed E-state index contributed by atoms with van der Waals surface area (Å²) >= 11 is 0. The predicted molar refractivity (Wildman–Crippen MR) is 103 cm³/mol. The number of nitrogens with zero attached hydrogens (tertiary/aromatic N) is 4. The van der Waals surface area contributed by atoms with Crippen LogP contribution in [0, 0.1) is 20.8 Å². The Kier molecular flexibility index (Phi) is 4.56. The van der Waals surface area contributed by atoms with Gasteiger partial charge in [0.15, 0.2) is 0 Å². The minimum absolute atomic E-state index is 0.0315. The molecular weight excluding hydrogens is 360 g/mol. The smallest absolute Gasteiger partial charge is 0.256 e. The van der Waals surface area contributed by atoms with Crippen LogP contribution < -0.4 is 15.9 Å². The largest absolute Gasteiger partial charge is 0.486 e. The molecule has 0 atom stereocenters. The molecule has 2 aliphatic rings. The Hall–Kier alpha value is -2.90. The number of aryl methyl sites for hydroxylation is 2. The van der Waals surface area contributed by atoms with Crippen molar-refractivity contribution in [2.24, 2.45) is 0 Å². The number of carbonyl (C=O) groups is 1. The highest BCUT2D eigenvalue weighted by atomic mass is 16.5. The third kappa shape index (κ3) is 3.46. The quantitative estimate of drug-likeness (QED) is 0.766. The van der Waals surface area contributed by atoms with Gasteiger partial charge in [-0.2, -0.15) is 0 Å². The molecule has 28 heavy (non-hydrogen) atoms. The molecule has 0 radical (unpaired) electrons. The molecule has 1 aliphatic heterocycles. The van der Waals surface area contributed by atoms with E-state index in [4.69, 9.17) is 4.74 Å². The molecule has 0 unspecified atom stereocenters. The van der Waals surface area contributed by atoms with Gasteiger partial charge in [-0.1, -0.05) is 0 Å². The highest BCUT2D eigenvalue weighted by molar-refractivity contribution is 5.77. The number of aromatic nitrogens is 3.